The second kappa shape index (κ2) is 9.12. The minimum absolute atomic E-state index is 0.167. The largest absolute Gasteiger partial charge is 0.371 e. The van der Waals surface area contributed by atoms with Crippen LogP contribution in [0.1, 0.15) is 57.2 Å². The Kier molecular flexibility index (Phi) is 6.58. The minimum Gasteiger partial charge on any atom is -0.371 e. The van der Waals surface area contributed by atoms with E-state index in [0.29, 0.717) is 4.91 Å². The number of amides is 1. The Hall–Kier alpha value is -2.35. The van der Waals surface area contributed by atoms with Crippen LogP contribution in [0.15, 0.2) is 54.2 Å². The SMILES string of the molecule is C=COON1C(=O)C(=CC=CC=Cc2cc3c4c(c2)C(C)(C)CCN4CCC3(C)C)SC1=S. The predicted molar refractivity (Wildman–Crippen MR) is 140 cm³/mol. The third-order valence-corrected chi connectivity index (χ3v) is 7.91. The fraction of sp³-hybridized carbons (Fsp3) is 0.385. The summed E-state index contributed by atoms with van der Waals surface area (Å²) in [5, 5.41) is 0.933. The van der Waals surface area contributed by atoms with Gasteiger partial charge in [0.05, 0.1) is 4.91 Å². The van der Waals surface area contributed by atoms with Gasteiger partial charge >= 0.3 is 0 Å². The number of anilines is 1. The van der Waals surface area contributed by atoms with Crippen molar-refractivity contribution < 1.29 is 14.7 Å². The lowest BCUT2D eigenvalue weighted by Gasteiger charge is -2.48. The van der Waals surface area contributed by atoms with Crippen LogP contribution in [0.5, 0.6) is 0 Å². The lowest BCUT2D eigenvalue weighted by Crippen LogP contribution is -2.44. The average molecular weight is 483 g/mol. The van der Waals surface area contributed by atoms with E-state index < -0.39 is 0 Å². The lowest BCUT2D eigenvalue weighted by atomic mass is 9.69. The van der Waals surface area contributed by atoms with Crippen LogP contribution in [-0.4, -0.2) is 28.4 Å². The van der Waals surface area contributed by atoms with Crippen molar-refractivity contribution in [1.82, 2.24) is 5.06 Å². The zero-order valence-electron chi connectivity index (χ0n) is 19.6. The molecule has 0 radical (unpaired) electrons. The summed E-state index contributed by atoms with van der Waals surface area (Å²) in [6.45, 7) is 15.1. The van der Waals surface area contributed by atoms with Crippen molar-refractivity contribution in [2.24, 2.45) is 0 Å². The van der Waals surface area contributed by atoms with Crippen molar-refractivity contribution in [3.05, 3.63) is 70.9 Å². The topological polar surface area (TPSA) is 42.0 Å². The highest BCUT2D eigenvalue weighted by molar-refractivity contribution is 8.26. The molecule has 33 heavy (non-hydrogen) atoms. The third kappa shape index (κ3) is 4.67. The maximum atomic E-state index is 12.3. The highest BCUT2D eigenvalue weighted by atomic mass is 32.2. The van der Waals surface area contributed by atoms with Crippen molar-refractivity contribution in [3.63, 3.8) is 0 Å². The standard InChI is InChI=1S/C26H30N2O3S2/c1-6-30-31-28-23(29)21(33-24(28)32)11-9-7-8-10-18-16-19-22-20(17-18)26(4,5)13-15-27(22)14-12-25(19,2)3/h6-11,16-17H,1,12-15H2,2-5H3. The molecule has 7 heteroatoms. The molecule has 1 aromatic carbocycles. The lowest BCUT2D eigenvalue weighted by molar-refractivity contribution is -0.350. The number of hydrogen-bond acceptors (Lipinski definition) is 6. The van der Waals surface area contributed by atoms with Crippen molar-refractivity contribution in [3.8, 4) is 0 Å². The summed E-state index contributed by atoms with van der Waals surface area (Å²) in [6.07, 6.45) is 13.0. The molecule has 174 valence electrons. The fourth-order valence-electron chi connectivity index (χ4n) is 4.54. The summed E-state index contributed by atoms with van der Waals surface area (Å²) in [6, 6.07) is 4.69. The molecule has 3 aliphatic rings. The van der Waals surface area contributed by atoms with Crippen molar-refractivity contribution >= 4 is 46.0 Å². The van der Waals surface area contributed by atoms with E-state index in [2.05, 4.69) is 62.3 Å². The monoisotopic (exact) mass is 482 g/mol. The maximum absolute atomic E-state index is 12.3. The van der Waals surface area contributed by atoms with Gasteiger partial charge in [0.15, 0.2) is 4.32 Å². The molecule has 1 aromatic rings. The van der Waals surface area contributed by atoms with E-state index in [0.717, 1.165) is 36.2 Å². The molecule has 0 aromatic heterocycles. The van der Waals surface area contributed by atoms with E-state index in [1.807, 2.05) is 18.2 Å². The first-order valence-electron chi connectivity index (χ1n) is 11.1. The molecule has 5 nitrogen and oxygen atoms in total. The zero-order valence-corrected chi connectivity index (χ0v) is 21.2. The Balaban J connectivity index is 1.54. The van der Waals surface area contributed by atoms with Gasteiger partial charge in [-0.2, -0.15) is 0 Å². The van der Waals surface area contributed by atoms with E-state index in [1.165, 1.54) is 35.2 Å². The molecule has 0 saturated carbocycles. The molecule has 0 atom stereocenters. The van der Waals surface area contributed by atoms with Crippen LogP contribution in [0, 0.1) is 0 Å². The van der Waals surface area contributed by atoms with Gasteiger partial charge in [0.25, 0.3) is 5.91 Å². The number of hydrogen-bond donors (Lipinski definition) is 0. The van der Waals surface area contributed by atoms with Gasteiger partial charge in [0.1, 0.15) is 6.26 Å². The number of carbonyl (C=O) groups excluding carboxylic acids is 1. The second-order valence-corrected chi connectivity index (χ2v) is 11.5. The Morgan fingerprint density at radius 3 is 2.30 bits per heavy atom. The number of carbonyl (C=O) groups is 1. The predicted octanol–water partition coefficient (Wildman–Crippen LogP) is 6.18. The van der Waals surface area contributed by atoms with Crippen LogP contribution in [0.25, 0.3) is 6.08 Å². The summed E-state index contributed by atoms with van der Waals surface area (Å²) in [5.41, 5.74) is 5.90. The number of rotatable bonds is 6. The Bertz CT molecular complexity index is 1040. The third-order valence-electron chi connectivity index (χ3n) is 6.62. The highest BCUT2D eigenvalue weighted by Gasteiger charge is 2.39. The Morgan fingerprint density at radius 1 is 1.06 bits per heavy atom. The molecule has 3 heterocycles. The summed E-state index contributed by atoms with van der Waals surface area (Å²) in [4.78, 5) is 24.8. The molecule has 0 spiro atoms. The van der Waals surface area contributed by atoms with Gasteiger partial charge in [-0.05, 0) is 70.8 Å². The number of benzene rings is 1. The van der Waals surface area contributed by atoms with Gasteiger partial charge in [0.2, 0.25) is 0 Å². The summed E-state index contributed by atoms with van der Waals surface area (Å²) in [5.74, 6) is -0.358. The number of thiocarbonyl (C=S) groups is 1. The van der Waals surface area contributed by atoms with Gasteiger partial charge in [-0.15, -0.1) is 5.06 Å². The molecule has 0 bridgehead atoms. The normalized spacial score (nSPS) is 22.5. The van der Waals surface area contributed by atoms with Crippen molar-refractivity contribution in [2.75, 3.05) is 18.0 Å². The van der Waals surface area contributed by atoms with Gasteiger partial charge < -0.3 is 9.79 Å². The van der Waals surface area contributed by atoms with Crippen LogP contribution in [-0.2, 0) is 25.5 Å². The zero-order chi connectivity index (χ0) is 23.8. The molecular formula is C26H30N2O3S2. The van der Waals surface area contributed by atoms with Gasteiger partial charge in [-0.1, -0.05) is 75.3 Å². The molecular weight excluding hydrogens is 452 g/mol. The Morgan fingerprint density at radius 2 is 1.70 bits per heavy atom. The van der Waals surface area contributed by atoms with Crippen molar-refractivity contribution in [2.45, 2.75) is 51.4 Å². The van der Waals surface area contributed by atoms with Crippen LogP contribution >= 0.6 is 24.0 Å². The van der Waals surface area contributed by atoms with E-state index in [-0.39, 0.29) is 21.1 Å². The molecule has 0 N–H and O–H groups in total. The van der Waals surface area contributed by atoms with Crippen molar-refractivity contribution in [1.29, 1.82) is 0 Å². The molecule has 0 unspecified atom stereocenters. The van der Waals surface area contributed by atoms with Crippen LogP contribution in [0.3, 0.4) is 0 Å². The van der Waals surface area contributed by atoms with E-state index >= 15 is 0 Å². The van der Waals surface area contributed by atoms with E-state index in [9.17, 15) is 4.79 Å². The molecule has 4 rings (SSSR count). The smallest absolute Gasteiger partial charge is 0.293 e. The van der Waals surface area contributed by atoms with Crippen LogP contribution in [0.2, 0.25) is 0 Å². The number of nitrogens with zero attached hydrogens (tertiary/aromatic N) is 2. The number of allylic oxidation sites excluding steroid dienone is 4. The van der Waals surface area contributed by atoms with E-state index in [1.54, 1.807) is 6.08 Å². The molecule has 1 saturated heterocycles. The maximum Gasteiger partial charge on any atom is 0.293 e. The number of thioether (sulfide) groups is 1. The second-order valence-electron chi connectivity index (χ2n) is 9.80. The van der Waals surface area contributed by atoms with Gasteiger partial charge in [-0.3, -0.25) is 4.79 Å². The van der Waals surface area contributed by atoms with E-state index in [4.69, 9.17) is 17.2 Å². The average Bonchev–Trinajstić information content (AvgIpc) is 3.03. The summed E-state index contributed by atoms with van der Waals surface area (Å²) in [7, 11) is 0. The fourth-order valence-corrected chi connectivity index (χ4v) is 5.62. The number of hydroxylamine groups is 2. The Labute approximate surface area is 205 Å². The van der Waals surface area contributed by atoms with Crippen LogP contribution in [0.4, 0.5) is 5.69 Å². The van der Waals surface area contributed by atoms with Gasteiger partial charge in [-0.25, -0.2) is 0 Å². The van der Waals surface area contributed by atoms with Crippen LogP contribution < -0.4 is 4.90 Å². The molecule has 1 amide bonds. The minimum atomic E-state index is -0.358. The van der Waals surface area contributed by atoms with Gasteiger partial charge in [0, 0.05) is 18.8 Å². The molecule has 1 fully saturated rings. The highest BCUT2D eigenvalue weighted by Crippen LogP contribution is 2.49. The first-order valence-corrected chi connectivity index (χ1v) is 12.4. The molecule has 3 aliphatic heterocycles. The summed E-state index contributed by atoms with van der Waals surface area (Å²) >= 11 is 6.31. The molecule has 0 aliphatic carbocycles. The summed E-state index contributed by atoms with van der Waals surface area (Å²) < 4.78 is 0.277. The quantitative estimate of drug-likeness (QED) is 0.121. The first-order chi connectivity index (χ1) is 15.6. The first kappa shape index (κ1) is 23.8.